The van der Waals surface area contributed by atoms with Crippen LogP contribution in [0.5, 0.6) is 0 Å². The molecule has 0 bridgehead atoms. The van der Waals surface area contributed by atoms with Crippen LogP contribution in [0.3, 0.4) is 0 Å². The maximum atomic E-state index is 11.3. The van der Waals surface area contributed by atoms with E-state index < -0.39 is 47.3 Å². The Morgan fingerprint density at radius 3 is 1.82 bits per heavy atom. The standard InChI is InChI=1S/C8H16O6S3/c9-1-7(2-10,3-11)4-14-6(13)5(12)8(15,16)17/h5,9-12,15-17H,1-4H2. The summed E-state index contributed by atoms with van der Waals surface area (Å²) >= 11 is 11.3. The largest absolute Gasteiger partial charge is 0.463 e. The molecule has 0 rings (SSSR count). The number of ether oxygens (including phenoxy) is 1. The van der Waals surface area contributed by atoms with Gasteiger partial charge in [-0.3, -0.25) is 0 Å². The zero-order valence-corrected chi connectivity index (χ0v) is 11.5. The summed E-state index contributed by atoms with van der Waals surface area (Å²) in [5.74, 6) is -1.07. The highest BCUT2D eigenvalue weighted by molar-refractivity contribution is 8.17. The molecule has 0 aliphatic carbocycles. The van der Waals surface area contributed by atoms with Gasteiger partial charge in [-0.05, 0) is 0 Å². The van der Waals surface area contributed by atoms with Gasteiger partial charge in [-0.2, -0.15) is 0 Å². The molecule has 0 saturated carbocycles. The molecule has 0 aromatic carbocycles. The number of aliphatic hydroxyl groups is 4. The summed E-state index contributed by atoms with van der Waals surface area (Å²) in [7, 11) is 0. The van der Waals surface area contributed by atoms with Crippen LogP contribution in [-0.2, 0) is 9.53 Å². The zero-order chi connectivity index (χ0) is 13.7. The van der Waals surface area contributed by atoms with Gasteiger partial charge in [0.2, 0.25) is 0 Å². The molecular weight excluding hydrogens is 288 g/mol. The van der Waals surface area contributed by atoms with Crippen LogP contribution in [0.4, 0.5) is 0 Å². The normalized spacial score (nSPS) is 14.5. The molecule has 0 amide bonds. The molecular formula is C8H16O6S3. The topological polar surface area (TPSA) is 107 Å². The van der Waals surface area contributed by atoms with Crippen molar-refractivity contribution in [3.8, 4) is 0 Å². The highest BCUT2D eigenvalue weighted by Crippen LogP contribution is 2.29. The summed E-state index contributed by atoms with van der Waals surface area (Å²) in [5, 5.41) is 36.3. The Hall–Kier alpha value is 0.360. The first-order chi connectivity index (χ1) is 7.72. The molecule has 9 heteroatoms. The maximum Gasteiger partial charge on any atom is 0.338 e. The number of hydrogen-bond acceptors (Lipinski definition) is 9. The Morgan fingerprint density at radius 1 is 1.12 bits per heavy atom. The number of hydrogen-bond donors (Lipinski definition) is 7. The second-order valence-corrected chi connectivity index (χ2v) is 6.85. The van der Waals surface area contributed by atoms with Gasteiger partial charge in [-0.15, -0.1) is 37.9 Å². The highest BCUT2D eigenvalue weighted by atomic mass is 32.2. The number of esters is 1. The Kier molecular flexibility index (Phi) is 7.22. The van der Waals surface area contributed by atoms with E-state index in [0.717, 1.165) is 0 Å². The van der Waals surface area contributed by atoms with Crippen molar-refractivity contribution >= 4 is 43.9 Å². The van der Waals surface area contributed by atoms with Crippen LogP contribution in [0.1, 0.15) is 0 Å². The van der Waals surface area contributed by atoms with Gasteiger partial charge in [0.15, 0.2) is 6.10 Å². The van der Waals surface area contributed by atoms with Gasteiger partial charge in [0, 0.05) is 0 Å². The molecule has 0 aliphatic heterocycles. The van der Waals surface area contributed by atoms with Gasteiger partial charge < -0.3 is 25.2 Å². The van der Waals surface area contributed by atoms with Crippen LogP contribution in [0, 0.1) is 5.41 Å². The monoisotopic (exact) mass is 304 g/mol. The molecule has 17 heavy (non-hydrogen) atoms. The molecule has 6 nitrogen and oxygen atoms in total. The van der Waals surface area contributed by atoms with Crippen molar-refractivity contribution in [1.82, 2.24) is 0 Å². The molecule has 0 radical (unpaired) electrons. The van der Waals surface area contributed by atoms with E-state index in [4.69, 9.17) is 15.3 Å². The van der Waals surface area contributed by atoms with E-state index in [1.165, 1.54) is 0 Å². The minimum atomic E-state index is -1.70. The lowest BCUT2D eigenvalue weighted by Gasteiger charge is -2.28. The number of carbonyl (C=O) groups excluding carboxylic acids is 1. The van der Waals surface area contributed by atoms with Crippen LogP contribution in [0.25, 0.3) is 0 Å². The zero-order valence-electron chi connectivity index (χ0n) is 8.85. The molecule has 0 aromatic rings. The van der Waals surface area contributed by atoms with Crippen molar-refractivity contribution in [3.63, 3.8) is 0 Å². The molecule has 0 fully saturated rings. The lowest BCUT2D eigenvalue weighted by Crippen LogP contribution is -2.42. The smallest absolute Gasteiger partial charge is 0.338 e. The van der Waals surface area contributed by atoms with Crippen LogP contribution < -0.4 is 0 Å². The van der Waals surface area contributed by atoms with E-state index in [1.807, 2.05) is 0 Å². The third kappa shape index (κ3) is 5.25. The number of carbonyl (C=O) groups is 1. The second kappa shape index (κ2) is 7.07. The molecule has 102 valence electrons. The Balaban J connectivity index is 4.42. The molecule has 4 N–H and O–H groups in total. The fourth-order valence-corrected chi connectivity index (χ4v) is 1.06. The molecule has 0 heterocycles. The van der Waals surface area contributed by atoms with Crippen molar-refractivity contribution < 1.29 is 30.0 Å². The third-order valence-corrected chi connectivity index (χ3v) is 2.85. The fraction of sp³-hybridized carbons (Fsp3) is 0.875. The van der Waals surface area contributed by atoms with Gasteiger partial charge >= 0.3 is 5.97 Å². The average molecular weight is 304 g/mol. The van der Waals surface area contributed by atoms with Crippen molar-refractivity contribution in [2.45, 2.75) is 9.52 Å². The molecule has 1 atom stereocenters. The maximum absolute atomic E-state index is 11.3. The summed E-state index contributed by atoms with van der Waals surface area (Å²) in [6.45, 7) is -2.16. The highest BCUT2D eigenvalue weighted by Gasteiger charge is 2.36. The Labute approximate surface area is 115 Å². The van der Waals surface area contributed by atoms with Crippen LogP contribution in [0.15, 0.2) is 0 Å². The van der Waals surface area contributed by atoms with Gasteiger partial charge in [0.1, 0.15) is 10.0 Å². The van der Waals surface area contributed by atoms with Crippen molar-refractivity contribution in [2.75, 3.05) is 26.4 Å². The van der Waals surface area contributed by atoms with Crippen LogP contribution in [-0.4, -0.2) is 62.3 Å². The quantitative estimate of drug-likeness (QED) is 0.172. The van der Waals surface area contributed by atoms with Gasteiger partial charge in [-0.25, -0.2) is 4.79 Å². The predicted molar refractivity (Wildman–Crippen MR) is 70.3 cm³/mol. The predicted octanol–water partition coefficient (Wildman–Crippen LogP) is -1.70. The van der Waals surface area contributed by atoms with Crippen molar-refractivity contribution in [3.05, 3.63) is 0 Å². The van der Waals surface area contributed by atoms with E-state index >= 15 is 0 Å². The molecule has 0 aliphatic rings. The second-order valence-electron chi connectivity index (χ2n) is 3.67. The number of aliphatic hydroxyl groups excluding tert-OH is 4. The van der Waals surface area contributed by atoms with Crippen molar-refractivity contribution in [2.24, 2.45) is 5.41 Å². The van der Waals surface area contributed by atoms with Gasteiger partial charge in [0.05, 0.1) is 25.2 Å². The number of thiol groups is 3. The summed E-state index contributed by atoms with van der Waals surface area (Å²) in [6.07, 6.45) is -1.70. The molecule has 1 unspecified atom stereocenters. The SMILES string of the molecule is O=C(OCC(CO)(CO)CO)C(O)C(S)(S)S. The Morgan fingerprint density at radius 2 is 1.53 bits per heavy atom. The minimum absolute atomic E-state index is 0.447. The van der Waals surface area contributed by atoms with E-state index in [2.05, 4.69) is 42.6 Å². The number of rotatable bonds is 7. The molecule has 0 spiro atoms. The Bertz CT molecular complexity index is 242. The first-order valence-corrected chi connectivity index (χ1v) is 5.91. The lowest BCUT2D eigenvalue weighted by atomic mass is 9.93. The summed E-state index contributed by atoms with van der Waals surface area (Å²) in [6, 6.07) is 0. The van der Waals surface area contributed by atoms with E-state index in [1.54, 1.807) is 0 Å². The van der Waals surface area contributed by atoms with Gasteiger partial charge in [0.25, 0.3) is 0 Å². The van der Waals surface area contributed by atoms with E-state index in [9.17, 15) is 9.90 Å². The summed E-state index contributed by atoms with van der Waals surface area (Å²) < 4.78 is 3.08. The van der Waals surface area contributed by atoms with E-state index in [-0.39, 0.29) is 0 Å². The third-order valence-electron chi connectivity index (χ3n) is 2.12. The van der Waals surface area contributed by atoms with Crippen LogP contribution >= 0.6 is 37.9 Å². The first kappa shape index (κ1) is 17.4. The fourth-order valence-electron chi connectivity index (χ4n) is 0.748. The molecule has 0 saturated heterocycles. The lowest BCUT2D eigenvalue weighted by molar-refractivity contribution is -0.160. The van der Waals surface area contributed by atoms with Crippen LogP contribution in [0.2, 0.25) is 0 Å². The minimum Gasteiger partial charge on any atom is -0.463 e. The average Bonchev–Trinajstić information content (AvgIpc) is 2.29. The summed E-state index contributed by atoms with van der Waals surface area (Å²) in [5.41, 5.74) is -1.35. The molecule has 0 aromatic heterocycles. The first-order valence-electron chi connectivity index (χ1n) is 4.57. The van der Waals surface area contributed by atoms with Gasteiger partial charge in [-0.1, -0.05) is 0 Å². The van der Waals surface area contributed by atoms with E-state index in [0.29, 0.717) is 0 Å². The van der Waals surface area contributed by atoms with Crippen molar-refractivity contribution in [1.29, 1.82) is 0 Å². The summed E-state index contributed by atoms with van der Waals surface area (Å²) in [4.78, 5) is 11.3.